The van der Waals surface area contributed by atoms with Crippen LogP contribution in [0.4, 0.5) is 5.69 Å². The summed E-state index contributed by atoms with van der Waals surface area (Å²) in [6.07, 6.45) is 0. The van der Waals surface area contributed by atoms with Gasteiger partial charge in [-0.1, -0.05) is 50.2 Å². The highest BCUT2D eigenvalue weighted by atomic mass is 16.2. The molecule has 2 aromatic carbocycles. The zero-order chi connectivity index (χ0) is 20.8. The van der Waals surface area contributed by atoms with E-state index < -0.39 is 0 Å². The van der Waals surface area contributed by atoms with Crippen LogP contribution >= 0.6 is 0 Å². The van der Waals surface area contributed by atoms with E-state index in [4.69, 9.17) is 0 Å². The maximum absolute atomic E-state index is 12.7. The summed E-state index contributed by atoms with van der Waals surface area (Å²) in [4.78, 5) is 15.6. The van der Waals surface area contributed by atoms with Crippen LogP contribution in [0.15, 0.2) is 48.5 Å². The molecule has 5 nitrogen and oxygen atoms in total. The fourth-order valence-corrected chi connectivity index (χ4v) is 3.96. The van der Waals surface area contributed by atoms with Crippen LogP contribution < -0.4 is 15.1 Å². The van der Waals surface area contributed by atoms with Gasteiger partial charge in [-0.3, -0.25) is 4.79 Å². The van der Waals surface area contributed by atoms with E-state index in [1.807, 2.05) is 13.0 Å². The molecule has 0 aliphatic carbocycles. The van der Waals surface area contributed by atoms with Crippen molar-refractivity contribution in [3.8, 4) is 6.07 Å². The van der Waals surface area contributed by atoms with Gasteiger partial charge in [0.25, 0.3) is 5.91 Å². The van der Waals surface area contributed by atoms with Gasteiger partial charge in [0.1, 0.15) is 38.8 Å². The molecule has 0 aromatic heterocycles. The molecule has 1 fully saturated rings. The number of hydrogen-bond acceptors (Lipinski definition) is 2. The third-order valence-corrected chi connectivity index (χ3v) is 6.01. The number of para-hydroxylation sites is 1. The molecule has 152 valence electrons. The molecule has 2 aromatic rings. The number of nitriles is 1. The van der Waals surface area contributed by atoms with E-state index >= 15 is 0 Å². The van der Waals surface area contributed by atoms with Crippen LogP contribution in [0.1, 0.15) is 43.4 Å². The maximum Gasteiger partial charge on any atom is 0.282 e. The van der Waals surface area contributed by atoms with Gasteiger partial charge in [0.15, 0.2) is 6.04 Å². The largest absolute Gasteiger partial charge is 0.322 e. The molecule has 0 saturated carbocycles. The van der Waals surface area contributed by atoms with E-state index in [-0.39, 0.29) is 11.9 Å². The summed E-state index contributed by atoms with van der Waals surface area (Å²) in [7, 11) is 0. The fraction of sp³-hybridized carbons (Fsp3) is 0.417. The lowest BCUT2D eigenvalue weighted by Gasteiger charge is -2.32. The van der Waals surface area contributed by atoms with E-state index in [2.05, 4.69) is 49.5 Å². The first-order valence-electron chi connectivity index (χ1n) is 10.5. The topological polar surface area (TPSA) is 61.8 Å². The number of rotatable bonds is 6. The minimum atomic E-state index is -0.131. The molecule has 1 atom stereocenters. The number of amides is 1. The highest BCUT2D eigenvalue weighted by Crippen LogP contribution is 2.14. The molecule has 0 bridgehead atoms. The van der Waals surface area contributed by atoms with Crippen molar-refractivity contribution in [3.63, 3.8) is 0 Å². The number of carbonyl (C=O) groups is 1. The number of nitrogens with zero attached hydrogens (tertiary/aromatic N) is 1. The van der Waals surface area contributed by atoms with Gasteiger partial charge in [0, 0.05) is 5.56 Å². The summed E-state index contributed by atoms with van der Waals surface area (Å²) < 4.78 is 0. The third kappa shape index (κ3) is 5.44. The Hall–Kier alpha value is -2.68. The van der Waals surface area contributed by atoms with Gasteiger partial charge in [-0.15, -0.1) is 0 Å². The molecule has 0 unspecified atom stereocenters. The van der Waals surface area contributed by atoms with E-state index in [0.29, 0.717) is 17.2 Å². The zero-order valence-corrected chi connectivity index (χ0v) is 17.7. The van der Waals surface area contributed by atoms with Gasteiger partial charge in [-0.2, -0.15) is 5.26 Å². The van der Waals surface area contributed by atoms with Crippen LogP contribution in [0, 0.1) is 11.3 Å². The van der Waals surface area contributed by atoms with E-state index in [0.717, 1.165) is 32.7 Å². The van der Waals surface area contributed by atoms with Crippen molar-refractivity contribution in [3.05, 3.63) is 65.2 Å². The molecular formula is C24H32N4O+2. The van der Waals surface area contributed by atoms with Crippen LogP contribution in [0.5, 0.6) is 0 Å². The van der Waals surface area contributed by atoms with Crippen LogP contribution in [0.25, 0.3) is 0 Å². The van der Waals surface area contributed by atoms with Gasteiger partial charge in [0.2, 0.25) is 0 Å². The Morgan fingerprint density at radius 2 is 1.69 bits per heavy atom. The van der Waals surface area contributed by atoms with Gasteiger partial charge in [0.05, 0.1) is 11.3 Å². The SMILES string of the molecule is CC(C)c1ccc(C[NH+]2CC[NH+]([C@@H](C)C(=O)Nc3ccccc3C#N)CC2)cc1. The van der Waals surface area contributed by atoms with Crippen LogP contribution in [-0.2, 0) is 11.3 Å². The quantitative estimate of drug-likeness (QED) is 0.687. The third-order valence-electron chi connectivity index (χ3n) is 6.01. The highest BCUT2D eigenvalue weighted by Gasteiger charge is 2.31. The van der Waals surface area contributed by atoms with Crippen molar-refractivity contribution < 1.29 is 14.6 Å². The average molecular weight is 393 g/mol. The Labute approximate surface area is 173 Å². The lowest BCUT2D eigenvalue weighted by Crippen LogP contribution is -3.29. The van der Waals surface area contributed by atoms with Crippen molar-refractivity contribution in [1.29, 1.82) is 5.26 Å². The molecular weight excluding hydrogens is 360 g/mol. The number of piperazine rings is 1. The van der Waals surface area contributed by atoms with Gasteiger partial charge >= 0.3 is 0 Å². The Bertz CT molecular complexity index is 861. The normalized spacial score (nSPS) is 20.1. The summed E-state index contributed by atoms with van der Waals surface area (Å²) in [5, 5.41) is 12.1. The number of hydrogen-bond donors (Lipinski definition) is 3. The molecule has 0 spiro atoms. The molecule has 5 heteroatoms. The summed E-state index contributed by atoms with van der Waals surface area (Å²) in [6.45, 7) is 11.6. The standard InChI is InChI=1S/C24H30N4O/c1-18(2)21-10-8-20(9-11-21)17-27-12-14-28(15-13-27)19(3)24(29)26-23-7-5-4-6-22(23)16-25/h4-11,18-19H,12-15,17H2,1-3H3,(H,26,29)/p+2/t19-/m0/s1. The summed E-state index contributed by atoms with van der Waals surface area (Å²) in [6, 6.07) is 18.1. The first-order valence-corrected chi connectivity index (χ1v) is 10.5. The number of quaternary nitrogens is 2. The second kappa shape index (κ2) is 9.69. The van der Waals surface area contributed by atoms with Crippen molar-refractivity contribution in [2.75, 3.05) is 31.5 Å². The van der Waals surface area contributed by atoms with Crippen molar-refractivity contribution in [1.82, 2.24) is 0 Å². The van der Waals surface area contributed by atoms with Crippen LogP contribution in [0.3, 0.4) is 0 Å². The minimum absolute atomic E-state index is 0.0181. The molecule has 3 N–H and O–H groups in total. The van der Waals surface area contributed by atoms with E-state index in [9.17, 15) is 10.1 Å². The number of carbonyl (C=O) groups excluding carboxylic acids is 1. The zero-order valence-electron chi connectivity index (χ0n) is 17.7. The molecule has 1 aliphatic rings. The van der Waals surface area contributed by atoms with Crippen LogP contribution in [-0.4, -0.2) is 38.1 Å². The molecule has 0 radical (unpaired) electrons. The number of anilines is 1. The van der Waals surface area contributed by atoms with Gasteiger partial charge < -0.3 is 15.1 Å². The van der Waals surface area contributed by atoms with Crippen molar-refractivity contribution >= 4 is 11.6 Å². The second-order valence-corrected chi connectivity index (χ2v) is 8.35. The number of nitrogens with one attached hydrogen (secondary N) is 3. The lowest BCUT2D eigenvalue weighted by atomic mass is 10.0. The summed E-state index contributed by atoms with van der Waals surface area (Å²) in [5.41, 5.74) is 3.86. The Morgan fingerprint density at radius 3 is 2.31 bits per heavy atom. The Kier molecular flexibility index (Phi) is 7.03. The Balaban J connectivity index is 1.50. The molecule has 1 saturated heterocycles. The molecule has 1 aliphatic heterocycles. The minimum Gasteiger partial charge on any atom is -0.322 e. The molecule has 1 heterocycles. The lowest BCUT2D eigenvalue weighted by molar-refractivity contribution is -1.02. The average Bonchev–Trinajstić information content (AvgIpc) is 2.74. The summed E-state index contributed by atoms with van der Waals surface area (Å²) in [5.74, 6) is 0.548. The highest BCUT2D eigenvalue weighted by molar-refractivity contribution is 5.94. The number of benzene rings is 2. The van der Waals surface area contributed by atoms with E-state index in [1.165, 1.54) is 16.0 Å². The van der Waals surface area contributed by atoms with E-state index in [1.54, 1.807) is 23.1 Å². The van der Waals surface area contributed by atoms with Crippen molar-refractivity contribution in [2.24, 2.45) is 0 Å². The fourth-order valence-electron chi connectivity index (χ4n) is 3.96. The predicted molar refractivity (Wildman–Crippen MR) is 115 cm³/mol. The predicted octanol–water partition coefficient (Wildman–Crippen LogP) is 0.992. The molecule has 29 heavy (non-hydrogen) atoms. The monoisotopic (exact) mass is 392 g/mol. The Morgan fingerprint density at radius 1 is 1.03 bits per heavy atom. The van der Waals surface area contributed by atoms with Crippen molar-refractivity contribution in [2.45, 2.75) is 39.3 Å². The first-order chi connectivity index (χ1) is 14.0. The second-order valence-electron chi connectivity index (χ2n) is 8.35. The maximum atomic E-state index is 12.7. The van der Waals surface area contributed by atoms with Crippen LogP contribution in [0.2, 0.25) is 0 Å². The molecule has 1 amide bonds. The smallest absolute Gasteiger partial charge is 0.282 e. The van der Waals surface area contributed by atoms with Gasteiger partial charge in [-0.05, 0) is 30.5 Å². The summed E-state index contributed by atoms with van der Waals surface area (Å²) >= 11 is 0. The molecule has 3 rings (SSSR count). The van der Waals surface area contributed by atoms with Gasteiger partial charge in [-0.25, -0.2) is 0 Å². The first kappa shape index (κ1) is 21.0.